The van der Waals surface area contributed by atoms with Crippen LogP contribution in [0, 0.1) is 0 Å². The number of hydrogen-bond donors (Lipinski definition) is 0. The first-order valence-corrected chi connectivity index (χ1v) is 14.9. The molecule has 1 aliphatic heterocycles. The molecule has 0 N–H and O–H groups in total. The fourth-order valence-corrected chi connectivity index (χ4v) is 8.07. The highest BCUT2D eigenvalue weighted by Crippen LogP contribution is 2.52. The molecule has 0 amide bonds. The van der Waals surface area contributed by atoms with Gasteiger partial charge in [0.05, 0.1) is 0 Å². The molecule has 9 rings (SSSR count). The van der Waals surface area contributed by atoms with Crippen molar-refractivity contribution in [2.75, 3.05) is 0 Å². The first-order valence-electron chi connectivity index (χ1n) is 14.1. The van der Waals surface area contributed by atoms with Gasteiger partial charge in [-0.3, -0.25) is 0 Å². The van der Waals surface area contributed by atoms with Gasteiger partial charge in [-0.25, -0.2) is 0 Å². The van der Waals surface area contributed by atoms with E-state index in [-0.39, 0.29) is 0 Å². The van der Waals surface area contributed by atoms with E-state index in [0.29, 0.717) is 0 Å². The average Bonchev–Trinajstić information content (AvgIpc) is 3.04. The second-order valence-electron chi connectivity index (χ2n) is 10.8. The SMILES string of the molecule is c1ccc(-c2c3ccccc3c(-c3ccc4c5c(cccc35)-c3ccccc3S4)c3ccc4ccccc4c23)cc1. The summed E-state index contributed by atoms with van der Waals surface area (Å²) in [5.41, 5.74) is 7.82. The molecule has 0 unspecified atom stereocenters. The predicted octanol–water partition coefficient (Wildman–Crippen LogP) is 11.8. The molecule has 0 bridgehead atoms. The minimum absolute atomic E-state index is 1.25. The van der Waals surface area contributed by atoms with Crippen LogP contribution in [-0.4, -0.2) is 0 Å². The molecule has 0 atom stereocenters. The Morgan fingerprint density at radius 1 is 0.317 bits per heavy atom. The molecule has 0 aliphatic carbocycles. The van der Waals surface area contributed by atoms with Crippen LogP contribution in [0.2, 0.25) is 0 Å². The van der Waals surface area contributed by atoms with Gasteiger partial charge in [0.1, 0.15) is 0 Å². The summed E-state index contributed by atoms with van der Waals surface area (Å²) in [4.78, 5) is 2.66. The van der Waals surface area contributed by atoms with Gasteiger partial charge in [0.15, 0.2) is 0 Å². The molecule has 8 aromatic carbocycles. The van der Waals surface area contributed by atoms with Crippen LogP contribution in [0.15, 0.2) is 155 Å². The smallest absolute Gasteiger partial charge is 0.0207 e. The lowest BCUT2D eigenvalue weighted by Crippen LogP contribution is -1.96. The zero-order chi connectivity index (χ0) is 26.9. The van der Waals surface area contributed by atoms with E-state index in [1.54, 1.807) is 0 Å². The third kappa shape index (κ3) is 3.30. The molecule has 1 heterocycles. The van der Waals surface area contributed by atoms with Crippen LogP contribution in [-0.2, 0) is 0 Å². The quantitative estimate of drug-likeness (QED) is 0.156. The lowest BCUT2D eigenvalue weighted by molar-refractivity contribution is 1.40. The maximum absolute atomic E-state index is 2.36. The number of hydrogen-bond acceptors (Lipinski definition) is 1. The van der Waals surface area contributed by atoms with Crippen molar-refractivity contribution in [2.45, 2.75) is 9.79 Å². The maximum atomic E-state index is 2.36. The molecule has 0 saturated heterocycles. The highest BCUT2D eigenvalue weighted by molar-refractivity contribution is 7.99. The average molecular weight is 537 g/mol. The molecule has 0 nitrogen and oxygen atoms in total. The van der Waals surface area contributed by atoms with E-state index in [1.807, 2.05) is 11.8 Å². The van der Waals surface area contributed by atoms with E-state index in [1.165, 1.54) is 86.3 Å². The molecule has 0 spiro atoms. The molecule has 41 heavy (non-hydrogen) atoms. The molecule has 8 aromatic rings. The predicted molar refractivity (Wildman–Crippen MR) is 177 cm³/mol. The normalized spacial score (nSPS) is 12.3. The van der Waals surface area contributed by atoms with E-state index in [9.17, 15) is 0 Å². The third-order valence-corrected chi connectivity index (χ3v) is 9.78. The largest absolute Gasteiger partial charge is 0.0888 e. The fraction of sp³-hybridized carbons (Fsp3) is 0. The van der Waals surface area contributed by atoms with Crippen LogP contribution in [0.3, 0.4) is 0 Å². The van der Waals surface area contributed by atoms with Crippen LogP contribution in [0.4, 0.5) is 0 Å². The molecule has 0 saturated carbocycles. The summed E-state index contributed by atoms with van der Waals surface area (Å²) in [5.74, 6) is 0. The van der Waals surface area contributed by atoms with E-state index in [0.717, 1.165) is 0 Å². The minimum atomic E-state index is 1.25. The first kappa shape index (κ1) is 22.9. The van der Waals surface area contributed by atoms with Crippen LogP contribution in [0.25, 0.3) is 76.5 Å². The Morgan fingerprint density at radius 3 is 1.88 bits per heavy atom. The number of benzene rings is 8. The van der Waals surface area contributed by atoms with Gasteiger partial charge < -0.3 is 0 Å². The van der Waals surface area contributed by atoms with Crippen LogP contribution >= 0.6 is 11.8 Å². The second-order valence-corrected chi connectivity index (χ2v) is 11.9. The van der Waals surface area contributed by atoms with E-state index < -0.39 is 0 Å². The summed E-state index contributed by atoms with van der Waals surface area (Å²) in [6.45, 7) is 0. The van der Waals surface area contributed by atoms with E-state index >= 15 is 0 Å². The number of rotatable bonds is 2. The topological polar surface area (TPSA) is 0 Å². The summed E-state index contributed by atoms with van der Waals surface area (Å²) >= 11 is 1.89. The Labute approximate surface area is 242 Å². The highest BCUT2D eigenvalue weighted by atomic mass is 32.2. The van der Waals surface area contributed by atoms with Gasteiger partial charge in [-0.1, -0.05) is 145 Å². The summed E-state index contributed by atoms with van der Waals surface area (Å²) in [7, 11) is 0. The van der Waals surface area contributed by atoms with Crippen molar-refractivity contribution in [1.82, 2.24) is 0 Å². The van der Waals surface area contributed by atoms with Crippen molar-refractivity contribution in [3.63, 3.8) is 0 Å². The van der Waals surface area contributed by atoms with Crippen molar-refractivity contribution in [2.24, 2.45) is 0 Å². The summed E-state index contributed by atoms with van der Waals surface area (Å²) < 4.78 is 0. The minimum Gasteiger partial charge on any atom is -0.0888 e. The van der Waals surface area contributed by atoms with Gasteiger partial charge >= 0.3 is 0 Å². The Hall–Kier alpha value is -4.85. The fourth-order valence-electron chi connectivity index (χ4n) is 6.94. The molecule has 0 fully saturated rings. The van der Waals surface area contributed by atoms with Gasteiger partial charge in [0.2, 0.25) is 0 Å². The van der Waals surface area contributed by atoms with E-state index in [4.69, 9.17) is 0 Å². The second kappa shape index (κ2) is 8.83. The maximum Gasteiger partial charge on any atom is 0.0207 e. The van der Waals surface area contributed by atoms with Gasteiger partial charge in [-0.15, -0.1) is 0 Å². The van der Waals surface area contributed by atoms with Gasteiger partial charge in [-0.05, 0) is 83.2 Å². The Morgan fingerprint density at radius 2 is 1.00 bits per heavy atom. The van der Waals surface area contributed by atoms with Gasteiger partial charge in [0.25, 0.3) is 0 Å². The molecule has 1 aliphatic rings. The highest BCUT2D eigenvalue weighted by Gasteiger charge is 2.23. The third-order valence-electron chi connectivity index (χ3n) is 8.65. The van der Waals surface area contributed by atoms with Crippen LogP contribution in [0.1, 0.15) is 0 Å². The molecular formula is C40H24S. The first-order chi connectivity index (χ1) is 20.4. The Balaban J connectivity index is 1.49. The van der Waals surface area contributed by atoms with Crippen molar-refractivity contribution >= 4 is 54.9 Å². The molecular weight excluding hydrogens is 513 g/mol. The van der Waals surface area contributed by atoms with E-state index in [2.05, 4.69) is 146 Å². The van der Waals surface area contributed by atoms with Gasteiger partial charge in [0, 0.05) is 15.2 Å². The lowest BCUT2D eigenvalue weighted by Gasteiger charge is -2.23. The monoisotopic (exact) mass is 536 g/mol. The van der Waals surface area contributed by atoms with Crippen LogP contribution < -0.4 is 0 Å². The summed E-state index contributed by atoms with van der Waals surface area (Å²) in [6, 6.07) is 53.7. The van der Waals surface area contributed by atoms with Crippen molar-refractivity contribution in [3.8, 4) is 33.4 Å². The Kier molecular flexibility index (Phi) is 4.93. The standard InChI is InChI=1S/C40H24S/c1-2-12-26(13-3-1)37-30-16-6-7-17-31(30)38(34-22-21-25-11-4-5-14-27(25)40(34)37)33-23-24-36-39-29(18-10-19-32(33)39)28-15-8-9-20-35(28)41-36/h1-24H. The summed E-state index contributed by atoms with van der Waals surface area (Å²) in [5, 5.41) is 10.4. The zero-order valence-corrected chi connectivity index (χ0v) is 23.1. The molecule has 190 valence electrons. The summed E-state index contributed by atoms with van der Waals surface area (Å²) in [6.07, 6.45) is 0. The number of fused-ring (bicyclic) bond motifs is 6. The van der Waals surface area contributed by atoms with Crippen molar-refractivity contribution < 1.29 is 0 Å². The zero-order valence-electron chi connectivity index (χ0n) is 22.3. The molecule has 0 radical (unpaired) electrons. The lowest BCUT2D eigenvalue weighted by atomic mass is 9.82. The Bertz CT molecular complexity index is 2330. The molecule has 0 aromatic heterocycles. The van der Waals surface area contributed by atoms with Crippen molar-refractivity contribution in [3.05, 3.63) is 146 Å². The van der Waals surface area contributed by atoms with Crippen molar-refractivity contribution in [1.29, 1.82) is 0 Å². The van der Waals surface area contributed by atoms with Gasteiger partial charge in [-0.2, -0.15) is 0 Å². The van der Waals surface area contributed by atoms with Crippen LogP contribution in [0.5, 0.6) is 0 Å². The molecule has 1 heteroatoms.